The molecule has 0 aliphatic carbocycles. The van der Waals surface area contributed by atoms with Crippen molar-refractivity contribution in [2.75, 3.05) is 7.11 Å². The Morgan fingerprint density at radius 3 is 1.82 bits per heavy atom. The summed E-state index contributed by atoms with van der Waals surface area (Å²) in [5.74, 6) is -2.33. The first-order chi connectivity index (χ1) is 10.4. The molecule has 0 heterocycles. The lowest BCUT2D eigenvalue weighted by molar-refractivity contribution is 0.0682. The minimum atomic E-state index is -1.16. The molecule has 7 heteroatoms. The molecule has 0 aliphatic rings. The van der Waals surface area contributed by atoms with Crippen LogP contribution in [0.3, 0.4) is 0 Å². The van der Waals surface area contributed by atoms with Crippen LogP contribution >= 0.6 is 0 Å². The normalized spacial score (nSPS) is 9.32. The summed E-state index contributed by atoms with van der Waals surface area (Å²) in [4.78, 5) is 20.7. The highest BCUT2D eigenvalue weighted by molar-refractivity contribution is 5.91. The quantitative estimate of drug-likeness (QED) is 0.685. The van der Waals surface area contributed by atoms with Crippen molar-refractivity contribution in [3.05, 3.63) is 53.6 Å². The van der Waals surface area contributed by atoms with Gasteiger partial charge in [-0.1, -0.05) is 12.1 Å². The van der Waals surface area contributed by atoms with Gasteiger partial charge < -0.3 is 25.2 Å². The monoisotopic (exact) mass is 306 g/mol. The van der Waals surface area contributed by atoms with Gasteiger partial charge in [0, 0.05) is 6.07 Å². The van der Waals surface area contributed by atoms with Gasteiger partial charge in [0.25, 0.3) is 0 Å². The van der Waals surface area contributed by atoms with Crippen LogP contribution in [0.15, 0.2) is 42.5 Å². The highest BCUT2D eigenvalue weighted by Gasteiger charge is 2.09. The number of para-hydroxylation sites is 1. The number of hydrogen-bond acceptors (Lipinski definition) is 5. The van der Waals surface area contributed by atoms with Crippen LogP contribution in [-0.2, 0) is 0 Å². The lowest BCUT2D eigenvalue weighted by Crippen LogP contribution is -1.96. The van der Waals surface area contributed by atoms with Crippen molar-refractivity contribution in [2.24, 2.45) is 0 Å². The van der Waals surface area contributed by atoms with Gasteiger partial charge in [-0.3, -0.25) is 0 Å². The van der Waals surface area contributed by atoms with E-state index in [2.05, 4.69) is 0 Å². The third-order valence-corrected chi connectivity index (χ3v) is 2.57. The number of carbonyl (C=O) groups is 2. The maximum atomic E-state index is 10.4. The van der Waals surface area contributed by atoms with Crippen molar-refractivity contribution in [2.45, 2.75) is 0 Å². The molecule has 116 valence electrons. The van der Waals surface area contributed by atoms with Crippen LogP contribution in [0.5, 0.6) is 17.2 Å². The minimum Gasteiger partial charge on any atom is -0.507 e. The van der Waals surface area contributed by atoms with Crippen molar-refractivity contribution < 1.29 is 34.8 Å². The number of methoxy groups -OCH3 is 1. The Hall–Kier alpha value is -3.22. The molecule has 0 bridgehead atoms. The van der Waals surface area contributed by atoms with E-state index in [4.69, 9.17) is 25.2 Å². The molecular weight excluding hydrogens is 292 g/mol. The van der Waals surface area contributed by atoms with E-state index in [9.17, 15) is 9.59 Å². The van der Waals surface area contributed by atoms with Gasteiger partial charge >= 0.3 is 11.9 Å². The van der Waals surface area contributed by atoms with Crippen LogP contribution in [0, 0.1) is 0 Å². The van der Waals surface area contributed by atoms with Crippen molar-refractivity contribution in [3.63, 3.8) is 0 Å². The second-order valence-electron chi connectivity index (χ2n) is 4.01. The Bertz CT molecular complexity index is 679. The number of ether oxygens (including phenoxy) is 1. The number of carboxylic acid groups (broad SMARTS) is 2. The number of aromatic hydroxyl groups is 2. The fourth-order valence-electron chi connectivity index (χ4n) is 1.47. The van der Waals surface area contributed by atoms with Crippen LogP contribution in [-0.4, -0.2) is 39.5 Å². The third-order valence-electron chi connectivity index (χ3n) is 2.57. The maximum absolute atomic E-state index is 10.4. The van der Waals surface area contributed by atoms with Gasteiger partial charge in [0.1, 0.15) is 28.4 Å². The number of rotatable bonds is 3. The molecule has 0 amide bonds. The number of carboxylic acids is 2. The molecule has 0 aromatic heterocycles. The van der Waals surface area contributed by atoms with Crippen LogP contribution in [0.4, 0.5) is 0 Å². The summed E-state index contributed by atoms with van der Waals surface area (Å²) in [7, 11) is 1.44. The molecule has 0 saturated heterocycles. The summed E-state index contributed by atoms with van der Waals surface area (Å²) in [6.45, 7) is 0. The Balaban J connectivity index is 0.000000224. The van der Waals surface area contributed by atoms with Gasteiger partial charge in [0.05, 0.1) is 7.11 Å². The van der Waals surface area contributed by atoms with E-state index in [1.165, 1.54) is 37.4 Å². The van der Waals surface area contributed by atoms with E-state index >= 15 is 0 Å². The molecule has 22 heavy (non-hydrogen) atoms. The molecule has 0 fully saturated rings. The lowest BCUT2D eigenvalue weighted by atomic mass is 10.2. The van der Waals surface area contributed by atoms with Gasteiger partial charge in [-0.05, 0) is 24.3 Å². The average Bonchev–Trinajstić information content (AvgIpc) is 2.47. The van der Waals surface area contributed by atoms with Crippen LogP contribution in [0.1, 0.15) is 20.7 Å². The molecule has 0 atom stereocenters. The van der Waals surface area contributed by atoms with Gasteiger partial charge in [0.15, 0.2) is 0 Å². The second kappa shape index (κ2) is 7.53. The first-order valence-corrected chi connectivity index (χ1v) is 5.98. The summed E-state index contributed by atoms with van der Waals surface area (Å²) in [6.07, 6.45) is 0. The number of phenols is 2. The second-order valence-corrected chi connectivity index (χ2v) is 4.01. The first-order valence-electron chi connectivity index (χ1n) is 5.98. The summed E-state index contributed by atoms with van der Waals surface area (Å²) in [6, 6.07) is 9.83. The lowest BCUT2D eigenvalue weighted by Gasteiger charge is -2.02. The van der Waals surface area contributed by atoms with Crippen molar-refractivity contribution in [1.82, 2.24) is 0 Å². The Morgan fingerprint density at radius 2 is 1.41 bits per heavy atom. The molecule has 7 nitrogen and oxygen atoms in total. The molecular formula is C15H14O7. The molecule has 0 spiro atoms. The zero-order chi connectivity index (χ0) is 16.7. The van der Waals surface area contributed by atoms with Crippen LogP contribution in [0.25, 0.3) is 0 Å². The predicted octanol–water partition coefficient (Wildman–Crippen LogP) is 2.19. The molecule has 4 N–H and O–H groups in total. The van der Waals surface area contributed by atoms with Crippen LogP contribution < -0.4 is 4.74 Å². The van der Waals surface area contributed by atoms with E-state index < -0.39 is 11.9 Å². The number of aromatic carboxylic acids is 2. The maximum Gasteiger partial charge on any atom is 0.339 e. The fraction of sp³-hybridized carbons (Fsp3) is 0.0667. The van der Waals surface area contributed by atoms with Crippen molar-refractivity contribution in [3.8, 4) is 17.2 Å². The molecule has 0 radical (unpaired) electrons. The summed E-state index contributed by atoms with van der Waals surface area (Å²) in [5.41, 5.74) is -0.196. The smallest absolute Gasteiger partial charge is 0.339 e. The predicted molar refractivity (Wildman–Crippen MR) is 76.7 cm³/mol. The van der Waals surface area contributed by atoms with Gasteiger partial charge in [0.2, 0.25) is 0 Å². The van der Waals surface area contributed by atoms with E-state index in [0.717, 1.165) is 0 Å². The summed E-state index contributed by atoms with van der Waals surface area (Å²) in [5, 5.41) is 35.0. The van der Waals surface area contributed by atoms with E-state index in [-0.39, 0.29) is 22.6 Å². The van der Waals surface area contributed by atoms with E-state index in [0.29, 0.717) is 5.75 Å². The molecule has 2 rings (SSSR count). The van der Waals surface area contributed by atoms with E-state index in [1.54, 1.807) is 12.1 Å². The van der Waals surface area contributed by atoms with E-state index in [1.807, 2.05) is 0 Å². The largest absolute Gasteiger partial charge is 0.507 e. The molecule has 0 unspecified atom stereocenters. The number of hydrogen-bond donors (Lipinski definition) is 4. The SMILES string of the molecule is COc1ccc(C(=O)O)c(O)c1.O=C(O)c1ccccc1O. The zero-order valence-electron chi connectivity index (χ0n) is 11.6. The van der Waals surface area contributed by atoms with Gasteiger partial charge in [-0.15, -0.1) is 0 Å². The summed E-state index contributed by atoms with van der Waals surface area (Å²) >= 11 is 0. The summed E-state index contributed by atoms with van der Waals surface area (Å²) < 4.78 is 4.78. The average molecular weight is 306 g/mol. The highest BCUT2D eigenvalue weighted by atomic mass is 16.5. The third kappa shape index (κ3) is 4.41. The Morgan fingerprint density at radius 1 is 0.864 bits per heavy atom. The highest BCUT2D eigenvalue weighted by Crippen LogP contribution is 2.22. The first kappa shape index (κ1) is 16.8. The zero-order valence-corrected chi connectivity index (χ0v) is 11.6. The van der Waals surface area contributed by atoms with Crippen LogP contribution in [0.2, 0.25) is 0 Å². The van der Waals surface area contributed by atoms with Gasteiger partial charge in [-0.25, -0.2) is 9.59 Å². The Kier molecular flexibility index (Phi) is 5.76. The molecule has 2 aromatic carbocycles. The fourth-order valence-corrected chi connectivity index (χ4v) is 1.47. The standard InChI is InChI=1S/C8H8O4.C7H6O3/c1-12-5-2-3-6(8(10)11)7(9)4-5;8-6-4-2-1-3-5(6)7(9)10/h2-4,9H,1H3,(H,10,11);1-4,8H,(H,9,10). The number of benzene rings is 2. The van der Waals surface area contributed by atoms with Gasteiger partial charge in [-0.2, -0.15) is 0 Å². The molecule has 2 aromatic rings. The molecule has 0 aliphatic heterocycles. The van der Waals surface area contributed by atoms with Crippen molar-refractivity contribution >= 4 is 11.9 Å². The minimum absolute atomic E-state index is 0.0671. The van der Waals surface area contributed by atoms with Crippen molar-refractivity contribution in [1.29, 1.82) is 0 Å². The topological polar surface area (TPSA) is 124 Å². The Labute approximate surface area is 125 Å². The molecule has 0 saturated carbocycles.